The number of carbonyl (C=O) groups is 2. The number of nitrogens with one attached hydrogen (secondary N) is 2. The first-order valence-electron chi connectivity index (χ1n) is 8.66. The molecule has 0 bridgehead atoms. The van der Waals surface area contributed by atoms with E-state index in [0.29, 0.717) is 25.2 Å². The third-order valence-corrected chi connectivity index (χ3v) is 4.33. The molecule has 0 spiro atoms. The number of ether oxygens (including phenoxy) is 1. The zero-order valence-electron chi connectivity index (χ0n) is 15.0. The molecule has 1 aromatic carbocycles. The van der Waals surface area contributed by atoms with E-state index < -0.39 is 5.60 Å². The average Bonchev–Trinajstić information content (AvgIpc) is 3.19. The standard InChI is InChI=1S/C19H25N3O3/c1-19(2,3)25-18(24)22-10-8-13(12-22)11-21-17(23)15-5-4-6-16-14(15)7-9-20-16/h4-7,9,13,20H,8,10-12H2,1-3H3,(H,21,23). The van der Waals surface area contributed by atoms with E-state index in [-0.39, 0.29) is 17.9 Å². The van der Waals surface area contributed by atoms with E-state index in [1.165, 1.54) is 0 Å². The second-order valence-corrected chi connectivity index (χ2v) is 7.54. The molecule has 1 aliphatic heterocycles. The van der Waals surface area contributed by atoms with E-state index >= 15 is 0 Å². The van der Waals surface area contributed by atoms with E-state index in [9.17, 15) is 9.59 Å². The van der Waals surface area contributed by atoms with Crippen LogP contribution in [0.1, 0.15) is 37.6 Å². The number of fused-ring (bicyclic) bond motifs is 1. The second-order valence-electron chi connectivity index (χ2n) is 7.54. The van der Waals surface area contributed by atoms with E-state index in [1.807, 2.05) is 51.2 Å². The van der Waals surface area contributed by atoms with Gasteiger partial charge in [-0.15, -0.1) is 0 Å². The molecule has 0 saturated carbocycles. The Morgan fingerprint density at radius 2 is 2.12 bits per heavy atom. The number of benzene rings is 1. The predicted molar refractivity (Wildman–Crippen MR) is 96.5 cm³/mol. The van der Waals surface area contributed by atoms with Gasteiger partial charge in [0, 0.05) is 42.3 Å². The van der Waals surface area contributed by atoms with Crippen LogP contribution in [0.15, 0.2) is 30.5 Å². The molecule has 3 rings (SSSR count). The SMILES string of the molecule is CC(C)(C)OC(=O)N1CCC(CNC(=O)c2cccc3[nH]ccc23)C1. The van der Waals surface area contributed by atoms with Crippen molar-refractivity contribution < 1.29 is 14.3 Å². The first-order chi connectivity index (χ1) is 11.8. The molecule has 2 aromatic rings. The minimum absolute atomic E-state index is 0.0825. The van der Waals surface area contributed by atoms with E-state index in [0.717, 1.165) is 17.3 Å². The van der Waals surface area contributed by atoms with E-state index in [2.05, 4.69) is 10.3 Å². The molecule has 0 aliphatic carbocycles. The van der Waals surface area contributed by atoms with Crippen LogP contribution >= 0.6 is 0 Å². The Kier molecular flexibility index (Phi) is 4.70. The molecule has 1 saturated heterocycles. The molecule has 2 amide bonds. The fraction of sp³-hybridized carbons (Fsp3) is 0.474. The molecule has 1 atom stereocenters. The largest absolute Gasteiger partial charge is 0.444 e. The average molecular weight is 343 g/mol. The van der Waals surface area contributed by atoms with Gasteiger partial charge in [0.15, 0.2) is 0 Å². The maximum Gasteiger partial charge on any atom is 0.410 e. The van der Waals surface area contributed by atoms with E-state index in [1.54, 1.807) is 4.90 Å². The minimum Gasteiger partial charge on any atom is -0.444 e. The Labute approximate surface area is 147 Å². The number of hydrogen-bond donors (Lipinski definition) is 2. The van der Waals surface area contributed by atoms with Gasteiger partial charge in [0.05, 0.1) is 0 Å². The van der Waals surface area contributed by atoms with Gasteiger partial charge in [0.1, 0.15) is 5.60 Å². The van der Waals surface area contributed by atoms with Crippen molar-refractivity contribution in [2.24, 2.45) is 5.92 Å². The summed E-state index contributed by atoms with van der Waals surface area (Å²) in [5.74, 6) is 0.169. The Hall–Kier alpha value is -2.50. The van der Waals surface area contributed by atoms with Crippen molar-refractivity contribution in [2.75, 3.05) is 19.6 Å². The Bertz CT molecular complexity index is 776. The quantitative estimate of drug-likeness (QED) is 0.899. The van der Waals surface area contributed by atoms with Gasteiger partial charge in [-0.05, 0) is 51.3 Å². The van der Waals surface area contributed by atoms with Gasteiger partial charge in [-0.3, -0.25) is 4.79 Å². The Morgan fingerprint density at radius 3 is 2.88 bits per heavy atom. The Morgan fingerprint density at radius 1 is 1.32 bits per heavy atom. The van der Waals surface area contributed by atoms with Crippen molar-refractivity contribution in [3.05, 3.63) is 36.0 Å². The van der Waals surface area contributed by atoms with Crippen molar-refractivity contribution in [3.63, 3.8) is 0 Å². The first kappa shape index (κ1) is 17.3. The van der Waals surface area contributed by atoms with Gasteiger partial charge in [-0.25, -0.2) is 4.79 Å². The molecule has 0 radical (unpaired) electrons. The van der Waals surface area contributed by atoms with Gasteiger partial charge < -0.3 is 19.9 Å². The molecular weight excluding hydrogens is 318 g/mol. The summed E-state index contributed by atoms with van der Waals surface area (Å²) in [4.78, 5) is 29.4. The second kappa shape index (κ2) is 6.78. The Balaban J connectivity index is 1.54. The normalized spacial score (nSPS) is 17.7. The van der Waals surface area contributed by atoms with Gasteiger partial charge in [-0.1, -0.05) is 6.07 Å². The van der Waals surface area contributed by atoms with Crippen molar-refractivity contribution in [3.8, 4) is 0 Å². The van der Waals surface area contributed by atoms with Crippen molar-refractivity contribution >= 4 is 22.9 Å². The van der Waals surface area contributed by atoms with Crippen LogP contribution in [0.2, 0.25) is 0 Å². The summed E-state index contributed by atoms with van der Waals surface area (Å²) in [5.41, 5.74) is 1.13. The fourth-order valence-electron chi connectivity index (χ4n) is 3.11. The number of aromatic amines is 1. The smallest absolute Gasteiger partial charge is 0.410 e. The number of hydrogen-bond acceptors (Lipinski definition) is 3. The lowest BCUT2D eigenvalue weighted by Crippen LogP contribution is -2.36. The number of aromatic nitrogens is 1. The lowest BCUT2D eigenvalue weighted by atomic mass is 10.1. The highest BCUT2D eigenvalue weighted by Gasteiger charge is 2.30. The molecule has 1 aromatic heterocycles. The third-order valence-electron chi connectivity index (χ3n) is 4.33. The van der Waals surface area contributed by atoms with Gasteiger partial charge in [0.2, 0.25) is 0 Å². The number of likely N-dealkylation sites (tertiary alicyclic amines) is 1. The summed E-state index contributed by atoms with van der Waals surface area (Å²) in [6, 6.07) is 7.55. The summed E-state index contributed by atoms with van der Waals surface area (Å²) in [6.45, 7) is 7.42. The van der Waals surface area contributed by atoms with Crippen LogP contribution < -0.4 is 5.32 Å². The summed E-state index contributed by atoms with van der Waals surface area (Å²) in [6.07, 6.45) is 2.42. The molecule has 6 heteroatoms. The number of rotatable bonds is 3. The van der Waals surface area contributed by atoms with Crippen molar-refractivity contribution in [1.29, 1.82) is 0 Å². The predicted octanol–water partition coefficient (Wildman–Crippen LogP) is 3.15. The van der Waals surface area contributed by atoms with Gasteiger partial charge in [0.25, 0.3) is 5.91 Å². The highest BCUT2D eigenvalue weighted by Crippen LogP contribution is 2.20. The summed E-state index contributed by atoms with van der Waals surface area (Å²) in [5, 5.41) is 3.92. The zero-order valence-corrected chi connectivity index (χ0v) is 15.0. The summed E-state index contributed by atoms with van der Waals surface area (Å²) in [7, 11) is 0. The lowest BCUT2D eigenvalue weighted by Gasteiger charge is -2.24. The molecule has 1 aliphatic rings. The van der Waals surface area contributed by atoms with Crippen LogP contribution in [0.3, 0.4) is 0 Å². The van der Waals surface area contributed by atoms with Crippen LogP contribution in [-0.4, -0.2) is 47.1 Å². The fourth-order valence-corrected chi connectivity index (χ4v) is 3.11. The van der Waals surface area contributed by atoms with Crippen LogP contribution in [0.5, 0.6) is 0 Å². The molecule has 1 fully saturated rings. The summed E-state index contributed by atoms with van der Waals surface area (Å²) >= 11 is 0. The minimum atomic E-state index is -0.487. The maximum absolute atomic E-state index is 12.5. The molecule has 2 heterocycles. The number of H-pyrrole nitrogens is 1. The monoisotopic (exact) mass is 343 g/mol. The van der Waals surface area contributed by atoms with Gasteiger partial charge >= 0.3 is 6.09 Å². The van der Waals surface area contributed by atoms with E-state index in [4.69, 9.17) is 4.74 Å². The highest BCUT2D eigenvalue weighted by molar-refractivity contribution is 6.06. The first-order valence-corrected chi connectivity index (χ1v) is 8.66. The molecular formula is C19H25N3O3. The molecule has 2 N–H and O–H groups in total. The molecule has 1 unspecified atom stereocenters. The van der Waals surface area contributed by atoms with Crippen LogP contribution in [0.25, 0.3) is 10.9 Å². The summed E-state index contributed by atoms with van der Waals surface area (Å²) < 4.78 is 5.40. The number of amides is 2. The molecule has 134 valence electrons. The molecule has 25 heavy (non-hydrogen) atoms. The van der Waals surface area contributed by atoms with Crippen LogP contribution in [0.4, 0.5) is 4.79 Å². The van der Waals surface area contributed by atoms with Crippen LogP contribution in [-0.2, 0) is 4.74 Å². The van der Waals surface area contributed by atoms with Gasteiger partial charge in [-0.2, -0.15) is 0 Å². The topological polar surface area (TPSA) is 74.4 Å². The number of nitrogens with zero attached hydrogens (tertiary/aromatic N) is 1. The highest BCUT2D eigenvalue weighted by atomic mass is 16.6. The zero-order chi connectivity index (χ0) is 18.0. The van der Waals surface area contributed by atoms with Crippen molar-refractivity contribution in [2.45, 2.75) is 32.8 Å². The maximum atomic E-state index is 12.5. The van der Waals surface area contributed by atoms with Crippen LogP contribution in [0, 0.1) is 5.92 Å². The van der Waals surface area contributed by atoms with Crippen molar-refractivity contribution in [1.82, 2.24) is 15.2 Å². The molecule has 6 nitrogen and oxygen atoms in total. The number of carbonyl (C=O) groups excluding carboxylic acids is 2. The third kappa shape index (κ3) is 4.13. The lowest BCUT2D eigenvalue weighted by molar-refractivity contribution is 0.0288.